The maximum Gasteiger partial charge on any atom is 0.248 e. The van der Waals surface area contributed by atoms with Crippen LogP contribution in [0.5, 0.6) is 0 Å². The smallest absolute Gasteiger partial charge is 0.248 e. The van der Waals surface area contributed by atoms with Gasteiger partial charge in [0.15, 0.2) is 0 Å². The van der Waals surface area contributed by atoms with E-state index in [2.05, 4.69) is 10.6 Å². The van der Waals surface area contributed by atoms with Crippen LogP contribution in [0, 0.1) is 0 Å². The van der Waals surface area contributed by atoms with Crippen LogP contribution in [0.3, 0.4) is 0 Å². The van der Waals surface area contributed by atoms with Gasteiger partial charge >= 0.3 is 0 Å². The molecule has 0 aliphatic heterocycles. The van der Waals surface area contributed by atoms with Crippen LogP contribution in [-0.2, 0) is 4.79 Å². The second-order valence-corrected chi connectivity index (χ2v) is 5.24. The summed E-state index contributed by atoms with van der Waals surface area (Å²) in [5, 5.41) is 6.47. The summed E-state index contributed by atoms with van der Waals surface area (Å²) in [6, 6.07) is 13.1. The Labute approximate surface area is 133 Å². The van der Waals surface area contributed by atoms with Crippen molar-refractivity contribution in [1.29, 1.82) is 0 Å². The monoisotopic (exact) mass is 317 g/mol. The Hall–Kier alpha value is -2.53. The van der Waals surface area contributed by atoms with E-state index < -0.39 is 11.9 Å². The number of amides is 2. The summed E-state index contributed by atoms with van der Waals surface area (Å²) in [6.45, 7) is 1.75. The van der Waals surface area contributed by atoms with Gasteiger partial charge in [-0.25, -0.2) is 0 Å². The van der Waals surface area contributed by atoms with Crippen molar-refractivity contribution in [3.8, 4) is 0 Å². The van der Waals surface area contributed by atoms with Crippen LogP contribution in [0.25, 0.3) is 0 Å². The zero-order valence-corrected chi connectivity index (χ0v) is 12.7. The molecule has 2 amide bonds. The summed E-state index contributed by atoms with van der Waals surface area (Å²) in [4.78, 5) is 23.1. The number of benzene rings is 2. The molecule has 0 saturated heterocycles. The molecule has 22 heavy (non-hydrogen) atoms. The third kappa shape index (κ3) is 4.23. The molecule has 0 bridgehead atoms. The van der Waals surface area contributed by atoms with Crippen molar-refractivity contribution in [3.05, 3.63) is 59.1 Å². The van der Waals surface area contributed by atoms with Crippen molar-refractivity contribution in [1.82, 2.24) is 0 Å². The standard InChI is InChI=1S/C16H16ClN3O2/c1-10(19-13-8-4-12(17)5-9-13)16(22)20-14-6-2-11(3-7-14)15(18)21/h2-10,19H,1H3,(H2,18,21)(H,20,22). The van der Waals surface area contributed by atoms with Crippen LogP contribution in [0.1, 0.15) is 17.3 Å². The van der Waals surface area contributed by atoms with E-state index >= 15 is 0 Å². The highest BCUT2D eigenvalue weighted by Gasteiger charge is 2.13. The van der Waals surface area contributed by atoms with Crippen molar-refractivity contribution in [2.24, 2.45) is 5.73 Å². The molecule has 1 unspecified atom stereocenters. The third-order valence-electron chi connectivity index (χ3n) is 3.06. The second kappa shape index (κ2) is 6.95. The largest absolute Gasteiger partial charge is 0.374 e. The van der Waals surface area contributed by atoms with Crippen LogP contribution in [-0.4, -0.2) is 17.9 Å². The number of anilines is 2. The van der Waals surface area contributed by atoms with E-state index in [1.165, 1.54) is 0 Å². The number of hydrogen-bond donors (Lipinski definition) is 3. The van der Waals surface area contributed by atoms with Crippen molar-refractivity contribution in [2.45, 2.75) is 13.0 Å². The minimum Gasteiger partial charge on any atom is -0.374 e. The molecule has 2 aromatic carbocycles. The van der Waals surface area contributed by atoms with Gasteiger partial charge in [-0.3, -0.25) is 9.59 Å². The van der Waals surface area contributed by atoms with Gasteiger partial charge in [-0.1, -0.05) is 11.6 Å². The van der Waals surface area contributed by atoms with Gasteiger partial charge in [0, 0.05) is 22.0 Å². The minimum absolute atomic E-state index is 0.193. The molecule has 114 valence electrons. The van der Waals surface area contributed by atoms with Crippen molar-refractivity contribution >= 4 is 34.8 Å². The number of rotatable bonds is 5. The number of hydrogen-bond acceptors (Lipinski definition) is 3. The average molecular weight is 318 g/mol. The Bertz CT molecular complexity index is 669. The third-order valence-corrected chi connectivity index (χ3v) is 3.31. The lowest BCUT2D eigenvalue weighted by atomic mass is 10.2. The van der Waals surface area contributed by atoms with Gasteiger partial charge in [0.1, 0.15) is 6.04 Å². The number of carbonyl (C=O) groups is 2. The predicted molar refractivity (Wildman–Crippen MR) is 88.1 cm³/mol. The van der Waals surface area contributed by atoms with E-state index in [0.717, 1.165) is 5.69 Å². The molecular formula is C16H16ClN3O2. The highest BCUT2D eigenvalue weighted by atomic mass is 35.5. The first-order chi connectivity index (χ1) is 10.5. The lowest BCUT2D eigenvalue weighted by Crippen LogP contribution is -2.31. The van der Waals surface area contributed by atoms with Crippen molar-refractivity contribution in [3.63, 3.8) is 0 Å². The summed E-state index contributed by atoms with van der Waals surface area (Å²) in [6.07, 6.45) is 0. The van der Waals surface area contributed by atoms with Crippen LogP contribution < -0.4 is 16.4 Å². The highest BCUT2D eigenvalue weighted by molar-refractivity contribution is 6.30. The van der Waals surface area contributed by atoms with Crippen molar-refractivity contribution in [2.75, 3.05) is 10.6 Å². The van der Waals surface area contributed by atoms with E-state index in [4.69, 9.17) is 17.3 Å². The van der Waals surface area contributed by atoms with Gasteiger partial charge in [0.25, 0.3) is 0 Å². The average Bonchev–Trinajstić information content (AvgIpc) is 2.50. The Morgan fingerprint density at radius 3 is 2.09 bits per heavy atom. The fourth-order valence-corrected chi connectivity index (χ4v) is 1.96. The summed E-state index contributed by atoms with van der Waals surface area (Å²) in [5.74, 6) is -0.697. The molecule has 2 aromatic rings. The molecule has 0 aliphatic carbocycles. The number of nitrogens with two attached hydrogens (primary N) is 1. The maximum absolute atomic E-state index is 12.1. The van der Waals surface area contributed by atoms with Gasteiger partial charge in [-0.15, -0.1) is 0 Å². The van der Waals surface area contributed by atoms with Gasteiger partial charge in [-0.05, 0) is 55.5 Å². The predicted octanol–water partition coefficient (Wildman–Crippen LogP) is 2.88. The lowest BCUT2D eigenvalue weighted by Gasteiger charge is -2.15. The maximum atomic E-state index is 12.1. The fraction of sp³-hybridized carbons (Fsp3) is 0.125. The lowest BCUT2D eigenvalue weighted by molar-refractivity contribution is -0.116. The Kier molecular flexibility index (Phi) is 5.01. The summed E-state index contributed by atoms with van der Waals surface area (Å²) in [5.41, 5.74) is 6.96. The highest BCUT2D eigenvalue weighted by Crippen LogP contribution is 2.15. The molecule has 6 heteroatoms. The molecular weight excluding hydrogens is 302 g/mol. The molecule has 0 spiro atoms. The Morgan fingerprint density at radius 1 is 1.00 bits per heavy atom. The van der Waals surface area contributed by atoms with Crippen LogP contribution in [0.15, 0.2) is 48.5 Å². The van der Waals surface area contributed by atoms with Gasteiger partial charge in [0.2, 0.25) is 11.8 Å². The molecule has 0 aromatic heterocycles. The first-order valence-corrected chi connectivity index (χ1v) is 7.06. The van der Waals surface area contributed by atoms with Gasteiger partial charge in [-0.2, -0.15) is 0 Å². The quantitative estimate of drug-likeness (QED) is 0.792. The topological polar surface area (TPSA) is 84.2 Å². The van der Waals surface area contributed by atoms with E-state index in [-0.39, 0.29) is 5.91 Å². The van der Waals surface area contributed by atoms with Crippen LogP contribution in [0.2, 0.25) is 5.02 Å². The van der Waals surface area contributed by atoms with Crippen LogP contribution >= 0.6 is 11.6 Å². The normalized spacial score (nSPS) is 11.5. The van der Waals surface area contributed by atoms with E-state index in [0.29, 0.717) is 16.3 Å². The number of nitrogens with one attached hydrogen (secondary N) is 2. The van der Waals surface area contributed by atoms with Gasteiger partial charge in [0.05, 0.1) is 0 Å². The zero-order chi connectivity index (χ0) is 16.1. The first kappa shape index (κ1) is 15.9. The Balaban J connectivity index is 1.95. The Morgan fingerprint density at radius 2 is 1.55 bits per heavy atom. The number of halogens is 1. The van der Waals surface area contributed by atoms with E-state index in [9.17, 15) is 9.59 Å². The fourth-order valence-electron chi connectivity index (χ4n) is 1.83. The second-order valence-electron chi connectivity index (χ2n) is 4.80. The SMILES string of the molecule is CC(Nc1ccc(Cl)cc1)C(=O)Nc1ccc(C(N)=O)cc1. The molecule has 0 radical (unpaired) electrons. The van der Waals surface area contributed by atoms with Crippen molar-refractivity contribution < 1.29 is 9.59 Å². The van der Waals surface area contributed by atoms with E-state index in [1.54, 1.807) is 55.5 Å². The minimum atomic E-state index is -0.504. The number of primary amides is 1. The van der Waals surface area contributed by atoms with Gasteiger partial charge < -0.3 is 16.4 Å². The number of carbonyl (C=O) groups excluding carboxylic acids is 2. The summed E-state index contributed by atoms with van der Waals surface area (Å²) >= 11 is 5.81. The molecule has 0 saturated carbocycles. The molecule has 5 nitrogen and oxygen atoms in total. The van der Waals surface area contributed by atoms with Crippen LogP contribution in [0.4, 0.5) is 11.4 Å². The zero-order valence-electron chi connectivity index (χ0n) is 12.0. The van der Waals surface area contributed by atoms with E-state index in [1.807, 2.05) is 0 Å². The molecule has 0 fully saturated rings. The summed E-state index contributed by atoms with van der Waals surface area (Å²) in [7, 11) is 0. The molecule has 4 N–H and O–H groups in total. The molecule has 0 heterocycles. The first-order valence-electron chi connectivity index (χ1n) is 6.68. The molecule has 2 rings (SSSR count). The molecule has 1 atom stereocenters. The molecule has 0 aliphatic rings. The summed E-state index contributed by atoms with van der Waals surface area (Å²) < 4.78 is 0.